The summed E-state index contributed by atoms with van der Waals surface area (Å²) in [4.78, 5) is 0. The first-order valence-electron chi connectivity index (χ1n) is 4.29. The summed E-state index contributed by atoms with van der Waals surface area (Å²) in [6, 6.07) is 9.69. The van der Waals surface area contributed by atoms with Crippen LogP contribution in [0.3, 0.4) is 0 Å². The van der Waals surface area contributed by atoms with Crippen LogP contribution >= 0.6 is 23.2 Å². The van der Waals surface area contributed by atoms with Crippen molar-refractivity contribution in [2.75, 3.05) is 0 Å². The molecule has 0 aliphatic rings. The number of rotatable bonds is 2. The normalized spacial score (nSPS) is 10.4. The smallest absolute Gasteiger partial charge is 0.0495 e. The number of hydrogen-bond donors (Lipinski definition) is 0. The Morgan fingerprint density at radius 3 is 2.50 bits per heavy atom. The van der Waals surface area contributed by atoms with E-state index in [2.05, 4.69) is 0 Å². The first kappa shape index (κ1) is 9.63. The summed E-state index contributed by atoms with van der Waals surface area (Å²) < 4.78 is 2.02. The lowest BCUT2D eigenvalue weighted by atomic mass is 10.2. The van der Waals surface area contributed by atoms with Gasteiger partial charge in [0.1, 0.15) is 0 Å². The summed E-state index contributed by atoms with van der Waals surface area (Å²) in [6.07, 6.45) is 3.97. The minimum Gasteiger partial charge on any atom is -0.324 e. The van der Waals surface area contributed by atoms with Gasteiger partial charge in [-0.3, -0.25) is 0 Å². The van der Waals surface area contributed by atoms with Crippen molar-refractivity contribution in [1.82, 2.24) is 4.57 Å². The highest BCUT2D eigenvalue weighted by molar-refractivity contribution is 6.30. The van der Waals surface area contributed by atoms with E-state index in [0.717, 1.165) is 16.3 Å². The van der Waals surface area contributed by atoms with E-state index in [1.807, 2.05) is 47.3 Å². The number of aromatic nitrogens is 1. The molecule has 1 aromatic carbocycles. The van der Waals surface area contributed by atoms with E-state index in [-0.39, 0.29) is 0 Å². The van der Waals surface area contributed by atoms with Crippen LogP contribution in [-0.2, 0) is 5.88 Å². The number of halogens is 2. The molecule has 0 fully saturated rings. The lowest BCUT2D eigenvalue weighted by molar-refractivity contribution is 1.05. The van der Waals surface area contributed by atoms with Gasteiger partial charge in [-0.05, 0) is 35.9 Å². The molecule has 0 spiro atoms. The predicted molar refractivity (Wildman–Crippen MR) is 60.3 cm³/mol. The second kappa shape index (κ2) is 4.07. The fraction of sp³-hybridized carbons (Fsp3) is 0.0909. The van der Waals surface area contributed by atoms with Gasteiger partial charge in [-0.2, -0.15) is 0 Å². The van der Waals surface area contributed by atoms with Crippen molar-refractivity contribution in [2.24, 2.45) is 0 Å². The zero-order valence-corrected chi connectivity index (χ0v) is 8.96. The van der Waals surface area contributed by atoms with E-state index >= 15 is 0 Å². The van der Waals surface area contributed by atoms with Crippen LogP contribution in [-0.4, -0.2) is 4.57 Å². The lowest BCUT2D eigenvalue weighted by Gasteiger charge is -2.08. The van der Waals surface area contributed by atoms with Crippen molar-refractivity contribution in [1.29, 1.82) is 0 Å². The standard InChI is InChI=1S/C11H9Cl2N/c12-8-9-7-10(13)3-4-11(9)14-5-1-2-6-14/h1-7H,8H2. The maximum absolute atomic E-state index is 5.89. The summed E-state index contributed by atoms with van der Waals surface area (Å²) in [7, 11) is 0. The molecule has 2 rings (SSSR count). The van der Waals surface area contributed by atoms with Gasteiger partial charge in [-0.25, -0.2) is 0 Å². The molecule has 0 aliphatic carbocycles. The summed E-state index contributed by atoms with van der Waals surface area (Å²) >= 11 is 11.7. The molecule has 0 aliphatic heterocycles. The largest absolute Gasteiger partial charge is 0.324 e. The lowest BCUT2D eigenvalue weighted by Crippen LogP contribution is -1.94. The highest BCUT2D eigenvalue weighted by atomic mass is 35.5. The molecule has 0 saturated carbocycles. The average Bonchev–Trinajstić information content (AvgIpc) is 2.70. The van der Waals surface area contributed by atoms with E-state index < -0.39 is 0 Å². The monoisotopic (exact) mass is 225 g/mol. The van der Waals surface area contributed by atoms with Crippen molar-refractivity contribution in [3.8, 4) is 5.69 Å². The van der Waals surface area contributed by atoms with Crippen LogP contribution < -0.4 is 0 Å². The van der Waals surface area contributed by atoms with Gasteiger partial charge >= 0.3 is 0 Å². The van der Waals surface area contributed by atoms with E-state index in [1.165, 1.54) is 0 Å². The molecule has 1 nitrogen and oxygen atoms in total. The van der Waals surface area contributed by atoms with Gasteiger partial charge in [0.15, 0.2) is 0 Å². The van der Waals surface area contributed by atoms with Crippen LogP contribution in [0.1, 0.15) is 5.56 Å². The van der Waals surface area contributed by atoms with Gasteiger partial charge in [0.25, 0.3) is 0 Å². The Bertz CT molecular complexity index is 421. The molecular weight excluding hydrogens is 217 g/mol. The van der Waals surface area contributed by atoms with Crippen LogP contribution in [0.25, 0.3) is 5.69 Å². The molecule has 0 radical (unpaired) electrons. The van der Waals surface area contributed by atoms with Crippen LogP contribution in [0.15, 0.2) is 42.7 Å². The highest BCUT2D eigenvalue weighted by Crippen LogP contribution is 2.21. The van der Waals surface area contributed by atoms with Crippen LogP contribution in [0, 0.1) is 0 Å². The van der Waals surface area contributed by atoms with E-state index in [0.29, 0.717) is 5.88 Å². The van der Waals surface area contributed by atoms with Crippen molar-refractivity contribution >= 4 is 23.2 Å². The van der Waals surface area contributed by atoms with E-state index in [4.69, 9.17) is 23.2 Å². The predicted octanol–water partition coefficient (Wildman–Crippen LogP) is 3.87. The summed E-state index contributed by atoms with van der Waals surface area (Å²) in [5.41, 5.74) is 2.12. The number of benzene rings is 1. The average molecular weight is 226 g/mol. The Balaban J connectivity index is 2.53. The minimum atomic E-state index is 0.466. The van der Waals surface area contributed by atoms with E-state index in [1.54, 1.807) is 0 Å². The van der Waals surface area contributed by atoms with Gasteiger partial charge in [0.2, 0.25) is 0 Å². The fourth-order valence-electron chi connectivity index (χ4n) is 1.41. The molecule has 1 heterocycles. The maximum Gasteiger partial charge on any atom is 0.0495 e. The van der Waals surface area contributed by atoms with Crippen LogP contribution in [0.4, 0.5) is 0 Å². The zero-order chi connectivity index (χ0) is 9.97. The summed E-state index contributed by atoms with van der Waals surface area (Å²) in [6.45, 7) is 0. The molecule has 3 heteroatoms. The Morgan fingerprint density at radius 1 is 1.14 bits per heavy atom. The topological polar surface area (TPSA) is 4.93 Å². The van der Waals surface area contributed by atoms with Gasteiger partial charge in [-0.15, -0.1) is 11.6 Å². The van der Waals surface area contributed by atoms with Crippen molar-refractivity contribution in [3.05, 3.63) is 53.3 Å². The molecule has 1 aromatic heterocycles. The number of hydrogen-bond acceptors (Lipinski definition) is 0. The Labute approximate surface area is 92.9 Å². The van der Waals surface area contributed by atoms with Gasteiger partial charge < -0.3 is 4.57 Å². The van der Waals surface area contributed by atoms with Crippen LogP contribution in [0.5, 0.6) is 0 Å². The second-order valence-electron chi connectivity index (χ2n) is 3.00. The van der Waals surface area contributed by atoms with Crippen molar-refractivity contribution in [3.63, 3.8) is 0 Å². The van der Waals surface area contributed by atoms with Gasteiger partial charge in [0, 0.05) is 29.0 Å². The van der Waals surface area contributed by atoms with Gasteiger partial charge in [0.05, 0.1) is 0 Å². The molecule has 0 bridgehead atoms. The quantitative estimate of drug-likeness (QED) is 0.685. The molecule has 0 N–H and O–H groups in total. The number of nitrogens with zero attached hydrogens (tertiary/aromatic N) is 1. The Morgan fingerprint density at radius 2 is 1.86 bits per heavy atom. The molecule has 14 heavy (non-hydrogen) atoms. The van der Waals surface area contributed by atoms with E-state index in [9.17, 15) is 0 Å². The molecule has 2 aromatic rings. The summed E-state index contributed by atoms with van der Waals surface area (Å²) in [5.74, 6) is 0.466. The molecular formula is C11H9Cl2N. The SMILES string of the molecule is ClCc1cc(Cl)ccc1-n1cccc1. The second-order valence-corrected chi connectivity index (χ2v) is 3.70. The maximum atomic E-state index is 5.89. The Hall–Kier alpha value is -0.920. The third-order valence-electron chi connectivity index (χ3n) is 2.07. The first-order valence-corrected chi connectivity index (χ1v) is 5.20. The third-order valence-corrected chi connectivity index (χ3v) is 2.59. The molecule has 0 atom stereocenters. The third kappa shape index (κ3) is 1.79. The highest BCUT2D eigenvalue weighted by Gasteiger charge is 2.03. The van der Waals surface area contributed by atoms with Gasteiger partial charge in [-0.1, -0.05) is 11.6 Å². The van der Waals surface area contributed by atoms with Crippen molar-refractivity contribution in [2.45, 2.75) is 5.88 Å². The molecule has 72 valence electrons. The van der Waals surface area contributed by atoms with Crippen LogP contribution in [0.2, 0.25) is 5.02 Å². The number of alkyl halides is 1. The zero-order valence-electron chi connectivity index (χ0n) is 7.45. The first-order chi connectivity index (χ1) is 6.81. The minimum absolute atomic E-state index is 0.466. The Kier molecular flexibility index (Phi) is 2.80. The fourth-order valence-corrected chi connectivity index (χ4v) is 1.82. The molecule has 0 saturated heterocycles. The summed E-state index contributed by atoms with van der Waals surface area (Å²) in [5, 5.41) is 0.719. The molecule has 0 amide bonds. The van der Waals surface area contributed by atoms with Crippen molar-refractivity contribution < 1.29 is 0 Å². The molecule has 0 unspecified atom stereocenters.